The molecule has 2 aromatic rings. The normalized spacial score (nSPS) is 13.8. The molecule has 1 atom stereocenters. The van der Waals surface area contributed by atoms with Gasteiger partial charge in [0.25, 0.3) is 0 Å². The number of rotatable bonds is 6. The van der Waals surface area contributed by atoms with Crippen molar-refractivity contribution in [3.8, 4) is 11.5 Å². The Morgan fingerprint density at radius 1 is 1.20 bits per heavy atom. The van der Waals surface area contributed by atoms with Gasteiger partial charge in [0.15, 0.2) is 11.5 Å². The van der Waals surface area contributed by atoms with Crippen LogP contribution in [-0.2, 0) is 17.9 Å². The molecule has 3 rings (SSSR count). The van der Waals surface area contributed by atoms with Crippen LogP contribution in [0.15, 0.2) is 42.5 Å². The minimum Gasteiger partial charge on any atom is -0.454 e. The molecular formula is C19H21ClN2O3. The van der Waals surface area contributed by atoms with Gasteiger partial charge < -0.3 is 14.8 Å². The van der Waals surface area contributed by atoms with Crippen LogP contribution in [0.3, 0.4) is 0 Å². The van der Waals surface area contributed by atoms with Gasteiger partial charge in [-0.15, -0.1) is 0 Å². The highest BCUT2D eigenvalue weighted by Crippen LogP contribution is 2.32. The molecule has 5 nitrogen and oxygen atoms in total. The maximum absolute atomic E-state index is 12.4. The minimum atomic E-state index is -0.256. The van der Waals surface area contributed by atoms with Crippen LogP contribution in [-0.4, -0.2) is 30.7 Å². The first-order valence-electron chi connectivity index (χ1n) is 8.14. The van der Waals surface area contributed by atoms with E-state index in [1.54, 1.807) is 0 Å². The van der Waals surface area contributed by atoms with E-state index in [2.05, 4.69) is 5.32 Å². The third kappa shape index (κ3) is 4.44. The van der Waals surface area contributed by atoms with Crippen molar-refractivity contribution in [3.63, 3.8) is 0 Å². The van der Waals surface area contributed by atoms with Crippen molar-refractivity contribution in [1.29, 1.82) is 0 Å². The molecule has 2 aromatic carbocycles. The van der Waals surface area contributed by atoms with Gasteiger partial charge in [-0.2, -0.15) is 0 Å². The summed E-state index contributed by atoms with van der Waals surface area (Å²) in [6.07, 6.45) is 0. The second kappa shape index (κ2) is 7.76. The second-order valence-corrected chi connectivity index (χ2v) is 6.56. The summed E-state index contributed by atoms with van der Waals surface area (Å²) in [6, 6.07) is 13.1. The van der Waals surface area contributed by atoms with E-state index in [4.69, 9.17) is 21.1 Å². The Hall–Kier alpha value is -2.24. The number of amides is 1. The summed E-state index contributed by atoms with van der Waals surface area (Å²) < 4.78 is 10.6. The number of likely N-dealkylation sites (N-methyl/N-ethyl adjacent to an activating group) is 1. The van der Waals surface area contributed by atoms with E-state index in [1.807, 2.05) is 61.3 Å². The van der Waals surface area contributed by atoms with E-state index in [9.17, 15) is 4.79 Å². The average Bonchev–Trinajstić information content (AvgIpc) is 3.06. The van der Waals surface area contributed by atoms with Gasteiger partial charge in [-0.25, -0.2) is 0 Å². The van der Waals surface area contributed by atoms with Crippen molar-refractivity contribution >= 4 is 17.5 Å². The lowest BCUT2D eigenvalue weighted by atomic mass is 10.1. The van der Waals surface area contributed by atoms with Crippen LogP contribution in [0.2, 0.25) is 5.02 Å². The van der Waals surface area contributed by atoms with E-state index in [1.165, 1.54) is 0 Å². The zero-order valence-electron chi connectivity index (χ0n) is 14.3. The van der Waals surface area contributed by atoms with E-state index < -0.39 is 0 Å². The fourth-order valence-corrected chi connectivity index (χ4v) is 2.86. The topological polar surface area (TPSA) is 50.8 Å². The molecule has 1 heterocycles. The quantitative estimate of drug-likeness (QED) is 0.859. The molecule has 1 amide bonds. The lowest BCUT2D eigenvalue weighted by Gasteiger charge is -2.24. The minimum absolute atomic E-state index is 0.0257. The van der Waals surface area contributed by atoms with Crippen molar-refractivity contribution in [1.82, 2.24) is 10.2 Å². The van der Waals surface area contributed by atoms with Crippen molar-refractivity contribution < 1.29 is 14.3 Å². The molecule has 0 unspecified atom stereocenters. The van der Waals surface area contributed by atoms with Gasteiger partial charge in [-0.3, -0.25) is 9.69 Å². The van der Waals surface area contributed by atoms with Gasteiger partial charge in [0.2, 0.25) is 12.7 Å². The maximum Gasteiger partial charge on any atom is 0.237 e. The molecule has 1 aliphatic heterocycles. The summed E-state index contributed by atoms with van der Waals surface area (Å²) in [5.74, 6) is 1.43. The predicted octanol–water partition coefficient (Wildman–Crippen LogP) is 3.21. The number of benzene rings is 2. The predicted molar refractivity (Wildman–Crippen MR) is 96.8 cm³/mol. The Bertz CT molecular complexity index is 766. The van der Waals surface area contributed by atoms with Crippen LogP contribution >= 0.6 is 11.6 Å². The Kier molecular flexibility index (Phi) is 5.46. The largest absolute Gasteiger partial charge is 0.454 e. The van der Waals surface area contributed by atoms with Crippen LogP contribution in [0.5, 0.6) is 11.5 Å². The van der Waals surface area contributed by atoms with E-state index >= 15 is 0 Å². The molecule has 0 radical (unpaired) electrons. The van der Waals surface area contributed by atoms with E-state index in [-0.39, 0.29) is 18.7 Å². The van der Waals surface area contributed by atoms with Gasteiger partial charge in [-0.05, 0) is 49.4 Å². The summed E-state index contributed by atoms with van der Waals surface area (Å²) >= 11 is 6.01. The highest BCUT2D eigenvalue weighted by molar-refractivity contribution is 6.30. The summed E-state index contributed by atoms with van der Waals surface area (Å²) in [5.41, 5.74) is 2.05. The number of ether oxygens (including phenoxy) is 2. The van der Waals surface area contributed by atoms with Crippen LogP contribution in [0, 0.1) is 0 Å². The molecule has 1 N–H and O–H groups in total. The second-order valence-electron chi connectivity index (χ2n) is 6.13. The summed E-state index contributed by atoms with van der Waals surface area (Å²) in [5, 5.41) is 3.66. The third-order valence-electron chi connectivity index (χ3n) is 4.27. The van der Waals surface area contributed by atoms with Gasteiger partial charge in [0.1, 0.15) is 0 Å². The number of nitrogens with zero attached hydrogens (tertiary/aromatic N) is 1. The van der Waals surface area contributed by atoms with Crippen LogP contribution in [0.1, 0.15) is 18.1 Å². The zero-order valence-corrected chi connectivity index (χ0v) is 15.0. The number of hydrogen-bond acceptors (Lipinski definition) is 4. The first-order valence-corrected chi connectivity index (χ1v) is 8.51. The molecule has 6 heteroatoms. The van der Waals surface area contributed by atoms with E-state index in [0.717, 1.165) is 22.6 Å². The molecule has 0 bridgehead atoms. The highest BCUT2D eigenvalue weighted by atomic mass is 35.5. The molecule has 1 aliphatic rings. The Morgan fingerprint density at radius 2 is 2.00 bits per heavy atom. The SMILES string of the molecule is C[C@H](C(=O)NCc1ccc2c(c1)OCO2)N(C)Cc1cccc(Cl)c1. The van der Waals surface area contributed by atoms with Crippen molar-refractivity contribution in [2.75, 3.05) is 13.8 Å². The number of nitrogens with one attached hydrogen (secondary N) is 1. The molecule has 0 spiro atoms. The number of carbonyl (C=O) groups is 1. The van der Waals surface area contributed by atoms with Gasteiger partial charge in [0.05, 0.1) is 6.04 Å². The Labute approximate surface area is 152 Å². The van der Waals surface area contributed by atoms with Crippen LogP contribution in [0.4, 0.5) is 0 Å². The zero-order chi connectivity index (χ0) is 17.8. The Balaban J connectivity index is 1.53. The van der Waals surface area contributed by atoms with Crippen LogP contribution < -0.4 is 14.8 Å². The fourth-order valence-electron chi connectivity index (χ4n) is 2.65. The maximum atomic E-state index is 12.4. The first kappa shape index (κ1) is 17.6. The highest BCUT2D eigenvalue weighted by Gasteiger charge is 2.19. The molecule has 0 aliphatic carbocycles. The number of halogens is 1. The summed E-state index contributed by atoms with van der Waals surface area (Å²) in [6.45, 7) is 3.24. The lowest BCUT2D eigenvalue weighted by molar-refractivity contribution is -0.125. The number of carbonyl (C=O) groups excluding carboxylic acids is 1. The van der Waals surface area contributed by atoms with Gasteiger partial charge in [-0.1, -0.05) is 29.8 Å². The van der Waals surface area contributed by atoms with Gasteiger partial charge in [0, 0.05) is 18.1 Å². The summed E-state index contributed by atoms with van der Waals surface area (Å²) in [7, 11) is 1.92. The monoisotopic (exact) mass is 360 g/mol. The number of hydrogen-bond donors (Lipinski definition) is 1. The molecule has 0 aromatic heterocycles. The molecule has 0 fully saturated rings. The lowest BCUT2D eigenvalue weighted by Crippen LogP contribution is -2.42. The Morgan fingerprint density at radius 3 is 2.80 bits per heavy atom. The van der Waals surface area contributed by atoms with Gasteiger partial charge >= 0.3 is 0 Å². The van der Waals surface area contributed by atoms with Crippen molar-refractivity contribution in [2.24, 2.45) is 0 Å². The fraction of sp³-hybridized carbons (Fsp3) is 0.316. The molecule has 132 valence electrons. The standard InChI is InChI=1S/C19H21ClN2O3/c1-13(22(2)11-15-4-3-5-16(20)8-15)19(23)21-10-14-6-7-17-18(9-14)25-12-24-17/h3-9,13H,10-12H2,1-2H3,(H,21,23)/t13-/m1/s1. The third-order valence-corrected chi connectivity index (χ3v) is 4.50. The smallest absolute Gasteiger partial charge is 0.237 e. The first-order chi connectivity index (χ1) is 12.0. The van der Waals surface area contributed by atoms with Crippen LogP contribution in [0.25, 0.3) is 0 Å². The molecular weight excluding hydrogens is 340 g/mol. The van der Waals surface area contributed by atoms with Crippen molar-refractivity contribution in [3.05, 3.63) is 58.6 Å². The molecule has 0 saturated heterocycles. The summed E-state index contributed by atoms with van der Waals surface area (Å²) in [4.78, 5) is 14.4. The van der Waals surface area contributed by atoms with E-state index in [0.29, 0.717) is 18.1 Å². The number of fused-ring (bicyclic) bond motifs is 1. The molecule has 25 heavy (non-hydrogen) atoms. The molecule has 0 saturated carbocycles. The average molecular weight is 361 g/mol. The van der Waals surface area contributed by atoms with Crippen molar-refractivity contribution in [2.45, 2.75) is 26.1 Å².